The summed E-state index contributed by atoms with van der Waals surface area (Å²) in [5.74, 6) is -0.0748. The molecular weight excluding hydrogens is 360 g/mol. The van der Waals surface area contributed by atoms with Gasteiger partial charge in [0.1, 0.15) is 17.2 Å². The van der Waals surface area contributed by atoms with Crippen molar-refractivity contribution in [1.82, 2.24) is 0 Å². The first kappa shape index (κ1) is 21.0. The van der Waals surface area contributed by atoms with Gasteiger partial charge in [0.25, 0.3) is 5.91 Å². The SMILES string of the molecule is COc1ccc(CCN)cc1N=NC(C(C)=O)C(=O)Nc1ccccc1OC. The molecule has 0 aliphatic heterocycles. The van der Waals surface area contributed by atoms with Gasteiger partial charge in [0.2, 0.25) is 6.04 Å². The number of benzene rings is 2. The number of hydrogen-bond donors (Lipinski definition) is 2. The van der Waals surface area contributed by atoms with Crippen molar-refractivity contribution >= 4 is 23.1 Å². The van der Waals surface area contributed by atoms with E-state index in [-0.39, 0.29) is 0 Å². The number of para-hydroxylation sites is 2. The summed E-state index contributed by atoms with van der Waals surface area (Å²) < 4.78 is 10.5. The number of amides is 1. The van der Waals surface area contributed by atoms with Crippen LogP contribution in [0.1, 0.15) is 12.5 Å². The first-order chi connectivity index (χ1) is 13.5. The number of nitrogens with two attached hydrogens (primary N) is 1. The van der Waals surface area contributed by atoms with Gasteiger partial charge in [-0.3, -0.25) is 9.59 Å². The molecule has 3 N–H and O–H groups in total. The third-order valence-electron chi connectivity index (χ3n) is 3.96. The molecular formula is C20H24N4O4. The van der Waals surface area contributed by atoms with Gasteiger partial charge in [-0.1, -0.05) is 18.2 Å². The molecule has 2 aromatic rings. The van der Waals surface area contributed by atoms with E-state index in [9.17, 15) is 9.59 Å². The van der Waals surface area contributed by atoms with E-state index in [4.69, 9.17) is 15.2 Å². The highest BCUT2D eigenvalue weighted by atomic mass is 16.5. The van der Waals surface area contributed by atoms with Crippen LogP contribution < -0.4 is 20.5 Å². The van der Waals surface area contributed by atoms with E-state index < -0.39 is 17.7 Å². The van der Waals surface area contributed by atoms with Gasteiger partial charge in [-0.25, -0.2) is 0 Å². The topological polar surface area (TPSA) is 115 Å². The number of nitrogens with one attached hydrogen (secondary N) is 1. The summed E-state index contributed by atoms with van der Waals surface area (Å²) in [4.78, 5) is 24.6. The van der Waals surface area contributed by atoms with E-state index >= 15 is 0 Å². The third-order valence-corrected chi connectivity index (χ3v) is 3.96. The quantitative estimate of drug-likeness (QED) is 0.509. The Labute approximate surface area is 163 Å². The number of hydrogen-bond acceptors (Lipinski definition) is 7. The summed E-state index contributed by atoms with van der Waals surface area (Å²) in [5.41, 5.74) is 7.41. The number of nitrogens with zero attached hydrogens (tertiary/aromatic N) is 2. The number of rotatable bonds is 9. The predicted octanol–water partition coefficient (Wildman–Crippen LogP) is 2.89. The summed E-state index contributed by atoms with van der Waals surface area (Å²) in [5, 5.41) is 10.7. The first-order valence-corrected chi connectivity index (χ1v) is 8.72. The molecule has 0 saturated carbocycles. The van der Waals surface area contributed by atoms with E-state index in [0.29, 0.717) is 35.8 Å². The van der Waals surface area contributed by atoms with Crippen LogP contribution >= 0.6 is 0 Å². The van der Waals surface area contributed by atoms with Crippen LogP contribution in [0.15, 0.2) is 52.7 Å². The van der Waals surface area contributed by atoms with Crippen LogP contribution in [0.25, 0.3) is 0 Å². The Morgan fingerprint density at radius 3 is 2.46 bits per heavy atom. The van der Waals surface area contributed by atoms with Crippen LogP contribution in [-0.4, -0.2) is 38.5 Å². The Hall–Kier alpha value is -3.26. The smallest absolute Gasteiger partial charge is 0.258 e. The average Bonchev–Trinajstić information content (AvgIpc) is 2.68. The Morgan fingerprint density at radius 2 is 1.82 bits per heavy atom. The Balaban J connectivity index is 2.26. The number of anilines is 1. The molecule has 1 unspecified atom stereocenters. The minimum absolute atomic E-state index is 0.421. The normalized spacial score (nSPS) is 11.9. The number of azo groups is 1. The molecule has 2 rings (SSSR count). The zero-order valence-corrected chi connectivity index (χ0v) is 16.1. The highest BCUT2D eigenvalue weighted by Gasteiger charge is 2.24. The summed E-state index contributed by atoms with van der Waals surface area (Å²) in [6, 6.07) is 11.0. The summed E-state index contributed by atoms with van der Waals surface area (Å²) in [7, 11) is 3.00. The second-order valence-electron chi connectivity index (χ2n) is 5.96. The fourth-order valence-electron chi connectivity index (χ4n) is 2.52. The molecule has 0 aliphatic rings. The van der Waals surface area contributed by atoms with Crippen molar-refractivity contribution in [2.45, 2.75) is 19.4 Å². The van der Waals surface area contributed by atoms with E-state index in [2.05, 4.69) is 15.5 Å². The molecule has 1 atom stereocenters. The molecule has 0 fully saturated rings. The molecule has 0 aromatic heterocycles. The lowest BCUT2D eigenvalue weighted by atomic mass is 10.1. The van der Waals surface area contributed by atoms with Crippen LogP contribution in [0.4, 0.5) is 11.4 Å². The van der Waals surface area contributed by atoms with Crippen molar-refractivity contribution in [3.8, 4) is 11.5 Å². The van der Waals surface area contributed by atoms with Crippen LogP contribution in [0.2, 0.25) is 0 Å². The van der Waals surface area contributed by atoms with Gasteiger partial charge in [0.15, 0.2) is 5.78 Å². The Kier molecular flexibility index (Phi) is 7.65. The Bertz CT molecular complexity index is 867. The van der Waals surface area contributed by atoms with Crippen molar-refractivity contribution in [1.29, 1.82) is 0 Å². The second-order valence-corrected chi connectivity index (χ2v) is 5.96. The van der Waals surface area contributed by atoms with Gasteiger partial charge in [0, 0.05) is 0 Å². The zero-order valence-electron chi connectivity index (χ0n) is 16.1. The summed E-state index contributed by atoms with van der Waals surface area (Å²) in [6.45, 7) is 1.77. The molecule has 148 valence electrons. The highest BCUT2D eigenvalue weighted by Crippen LogP contribution is 2.29. The maximum atomic E-state index is 12.6. The van der Waals surface area contributed by atoms with Gasteiger partial charge in [-0.2, -0.15) is 10.2 Å². The lowest BCUT2D eigenvalue weighted by Gasteiger charge is -2.12. The van der Waals surface area contributed by atoms with Crippen molar-refractivity contribution in [2.75, 3.05) is 26.1 Å². The van der Waals surface area contributed by atoms with Crippen LogP contribution in [0.5, 0.6) is 11.5 Å². The molecule has 0 radical (unpaired) electrons. The fraction of sp³-hybridized carbons (Fsp3) is 0.300. The van der Waals surface area contributed by atoms with E-state index in [1.807, 2.05) is 6.07 Å². The standard InChI is InChI=1S/C20H24N4O4/c1-13(25)19(20(26)22-15-6-4-5-7-17(15)27-2)24-23-16-12-14(10-11-21)8-9-18(16)28-3/h4-9,12,19H,10-11,21H2,1-3H3,(H,22,26). The van der Waals surface area contributed by atoms with E-state index in [1.165, 1.54) is 21.1 Å². The lowest BCUT2D eigenvalue weighted by molar-refractivity contribution is -0.126. The number of carbonyl (C=O) groups excluding carboxylic acids is 2. The average molecular weight is 384 g/mol. The fourth-order valence-corrected chi connectivity index (χ4v) is 2.52. The maximum absolute atomic E-state index is 12.6. The predicted molar refractivity (Wildman–Crippen MR) is 106 cm³/mol. The minimum Gasteiger partial charge on any atom is -0.495 e. The van der Waals surface area contributed by atoms with Gasteiger partial charge in [0.05, 0.1) is 19.9 Å². The first-order valence-electron chi connectivity index (χ1n) is 8.72. The number of carbonyl (C=O) groups is 2. The van der Waals surface area contributed by atoms with E-state index in [0.717, 1.165) is 5.56 Å². The molecule has 8 heteroatoms. The number of methoxy groups -OCH3 is 2. The molecule has 2 aromatic carbocycles. The van der Waals surface area contributed by atoms with Crippen LogP contribution in [0, 0.1) is 0 Å². The van der Waals surface area contributed by atoms with Crippen LogP contribution in [-0.2, 0) is 16.0 Å². The van der Waals surface area contributed by atoms with E-state index in [1.54, 1.807) is 36.4 Å². The van der Waals surface area contributed by atoms with Gasteiger partial charge in [-0.05, 0) is 49.7 Å². The highest BCUT2D eigenvalue weighted by molar-refractivity contribution is 6.10. The monoisotopic (exact) mass is 384 g/mol. The molecule has 0 heterocycles. The summed E-state index contributed by atoms with van der Waals surface area (Å²) in [6.07, 6.45) is 0.664. The minimum atomic E-state index is -1.30. The molecule has 0 aliphatic carbocycles. The molecule has 0 saturated heterocycles. The molecule has 8 nitrogen and oxygen atoms in total. The maximum Gasteiger partial charge on any atom is 0.258 e. The molecule has 28 heavy (non-hydrogen) atoms. The third kappa shape index (κ3) is 5.37. The van der Waals surface area contributed by atoms with Gasteiger partial charge >= 0.3 is 0 Å². The van der Waals surface area contributed by atoms with Crippen molar-refractivity contribution < 1.29 is 19.1 Å². The largest absolute Gasteiger partial charge is 0.495 e. The van der Waals surface area contributed by atoms with Crippen molar-refractivity contribution in [2.24, 2.45) is 16.0 Å². The molecule has 0 spiro atoms. The Morgan fingerprint density at radius 1 is 1.11 bits per heavy atom. The second kappa shape index (κ2) is 10.2. The van der Waals surface area contributed by atoms with Crippen molar-refractivity contribution in [3.05, 3.63) is 48.0 Å². The zero-order chi connectivity index (χ0) is 20.5. The molecule has 1 amide bonds. The number of ether oxygens (including phenoxy) is 2. The van der Waals surface area contributed by atoms with Crippen LogP contribution in [0.3, 0.4) is 0 Å². The summed E-state index contributed by atoms with van der Waals surface area (Å²) >= 11 is 0. The van der Waals surface area contributed by atoms with Crippen molar-refractivity contribution in [3.63, 3.8) is 0 Å². The van der Waals surface area contributed by atoms with Gasteiger partial charge in [-0.15, -0.1) is 0 Å². The number of Topliss-reactive ketones (excluding diaryl/α,β-unsaturated/α-hetero) is 1. The van der Waals surface area contributed by atoms with Gasteiger partial charge < -0.3 is 20.5 Å². The molecule has 0 bridgehead atoms. The number of ketones is 1. The lowest BCUT2D eigenvalue weighted by Crippen LogP contribution is -2.31.